The van der Waals surface area contributed by atoms with E-state index >= 15 is 0 Å². The molecule has 0 radical (unpaired) electrons. The third-order valence-electron chi connectivity index (χ3n) is 3.70. The molecule has 6 nitrogen and oxygen atoms in total. The van der Waals surface area contributed by atoms with Crippen LogP contribution in [0.3, 0.4) is 0 Å². The monoisotopic (exact) mass is 301 g/mol. The molecular formula is C15H27NO5. The molecule has 0 bridgehead atoms. The van der Waals surface area contributed by atoms with Gasteiger partial charge in [-0.25, -0.2) is 0 Å². The van der Waals surface area contributed by atoms with E-state index in [9.17, 15) is 9.59 Å². The summed E-state index contributed by atoms with van der Waals surface area (Å²) in [4.78, 5) is 25.3. The van der Waals surface area contributed by atoms with Crippen LogP contribution < -0.4 is 0 Å². The van der Waals surface area contributed by atoms with E-state index < -0.39 is 5.41 Å². The Labute approximate surface area is 126 Å². The first kappa shape index (κ1) is 17.9. The Balaban J connectivity index is 2.61. The van der Waals surface area contributed by atoms with Crippen LogP contribution >= 0.6 is 0 Å². The first-order valence-electron chi connectivity index (χ1n) is 7.38. The molecule has 0 spiro atoms. The number of hydrogen-bond acceptors (Lipinski definition) is 6. The van der Waals surface area contributed by atoms with Crippen LogP contribution in [-0.2, 0) is 23.8 Å². The molecule has 0 aromatic carbocycles. The summed E-state index contributed by atoms with van der Waals surface area (Å²) in [7, 11) is 2.77. The predicted octanol–water partition coefficient (Wildman–Crippen LogP) is 1.23. The second-order valence-corrected chi connectivity index (χ2v) is 6.07. The quantitative estimate of drug-likeness (QED) is 0.628. The summed E-state index contributed by atoms with van der Waals surface area (Å²) in [5.41, 5.74) is -0.622. The molecule has 1 unspecified atom stereocenters. The molecule has 0 aromatic rings. The van der Waals surface area contributed by atoms with Crippen molar-refractivity contribution in [2.24, 2.45) is 5.41 Å². The number of rotatable bonds is 8. The van der Waals surface area contributed by atoms with Crippen molar-refractivity contribution in [3.8, 4) is 0 Å². The SMILES string of the molecule is COC(=O)CCN(CC1CCCO1)CC(C)(C)C(=O)OC. The molecule has 1 saturated heterocycles. The van der Waals surface area contributed by atoms with E-state index in [0.717, 1.165) is 26.0 Å². The number of nitrogens with zero attached hydrogens (tertiary/aromatic N) is 1. The molecule has 6 heteroatoms. The fourth-order valence-electron chi connectivity index (χ4n) is 2.56. The minimum Gasteiger partial charge on any atom is -0.469 e. The van der Waals surface area contributed by atoms with Crippen molar-refractivity contribution in [1.29, 1.82) is 0 Å². The number of ether oxygens (including phenoxy) is 3. The Morgan fingerprint density at radius 1 is 1.29 bits per heavy atom. The zero-order valence-corrected chi connectivity index (χ0v) is 13.5. The second kappa shape index (κ2) is 8.34. The first-order valence-corrected chi connectivity index (χ1v) is 7.38. The summed E-state index contributed by atoms with van der Waals surface area (Å²) in [6.45, 7) is 6.27. The smallest absolute Gasteiger partial charge is 0.312 e. The zero-order chi connectivity index (χ0) is 15.9. The van der Waals surface area contributed by atoms with Crippen molar-refractivity contribution in [2.75, 3.05) is 40.5 Å². The molecule has 1 heterocycles. The highest BCUT2D eigenvalue weighted by molar-refractivity contribution is 5.76. The van der Waals surface area contributed by atoms with Gasteiger partial charge in [0.1, 0.15) is 0 Å². The lowest BCUT2D eigenvalue weighted by atomic mass is 9.92. The zero-order valence-electron chi connectivity index (χ0n) is 13.5. The van der Waals surface area contributed by atoms with E-state index in [1.807, 2.05) is 13.8 Å². The van der Waals surface area contributed by atoms with Crippen molar-refractivity contribution < 1.29 is 23.8 Å². The Bertz CT molecular complexity index is 350. The molecule has 122 valence electrons. The van der Waals surface area contributed by atoms with E-state index in [0.29, 0.717) is 19.5 Å². The number of methoxy groups -OCH3 is 2. The van der Waals surface area contributed by atoms with Crippen LogP contribution in [0.2, 0.25) is 0 Å². The van der Waals surface area contributed by atoms with Gasteiger partial charge in [0.2, 0.25) is 0 Å². The second-order valence-electron chi connectivity index (χ2n) is 6.07. The topological polar surface area (TPSA) is 65.1 Å². The van der Waals surface area contributed by atoms with E-state index in [1.165, 1.54) is 14.2 Å². The average Bonchev–Trinajstić information content (AvgIpc) is 2.95. The molecule has 1 atom stereocenters. The van der Waals surface area contributed by atoms with E-state index in [1.54, 1.807) is 0 Å². The molecule has 0 aliphatic carbocycles. The standard InChI is InChI=1S/C15H27NO5/c1-15(2,14(18)20-4)11-16(8-7-13(17)19-3)10-12-6-5-9-21-12/h12H,5-11H2,1-4H3. The van der Waals surface area contributed by atoms with Crippen molar-refractivity contribution in [2.45, 2.75) is 39.2 Å². The minimum atomic E-state index is -0.622. The summed E-state index contributed by atoms with van der Waals surface area (Å²) >= 11 is 0. The Hall–Kier alpha value is -1.14. The molecule has 0 saturated carbocycles. The fraction of sp³-hybridized carbons (Fsp3) is 0.867. The van der Waals surface area contributed by atoms with Crippen molar-refractivity contribution >= 4 is 11.9 Å². The molecule has 1 aliphatic rings. The number of hydrogen-bond donors (Lipinski definition) is 0. The summed E-state index contributed by atoms with van der Waals surface area (Å²) in [6, 6.07) is 0. The van der Waals surface area contributed by atoms with Gasteiger partial charge in [-0.1, -0.05) is 0 Å². The Kier molecular flexibility index (Phi) is 7.11. The molecule has 0 amide bonds. The summed E-state index contributed by atoms with van der Waals surface area (Å²) in [5.74, 6) is -0.499. The lowest BCUT2D eigenvalue weighted by Gasteiger charge is -2.31. The lowest BCUT2D eigenvalue weighted by molar-refractivity contribution is -0.152. The van der Waals surface area contributed by atoms with Crippen LogP contribution in [0.15, 0.2) is 0 Å². The highest BCUT2D eigenvalue weighted by Gasteiger charge is 2.32. The van der Waals surface area contributed by atoms with Gasteiger partial charge < -0.3 is 14.2 Å². The third kappa shape index (κ3) is 6.01. The largest absolute Gasteiger partial charge is 0.469 e. The van der Waals surface area contributed by atoms with Crippen LogP contribution in [0.25, 0.3) is 0 Å². The maximum Gasteiger partial charge on any atom is 0.312 e. The van der Waals surface area contributed by atoms with Gasteiger partial charge in [-0.15, -0.1) is 0 Å². The van der Waals surface area contributed by atoms with Gasteiger partial charge in [0.15, 0.2) is 0 Å². The fourth-order valence-corrected chi connectivity index (χ4v) is 2.56. The Morgan fingerprint density at radius 3 is 2.52 bits per heavy atom. The average molecular weight is 301 g/mol. The lowest BCUT2D eigenvalue weighted by Crippen LogP contribution is -2.43. The number of carbonyl (C=O) groups is 2. The van der Waals surface area contributed by atoms with Crippen LogP contribution in [0, 0.1) is 5.41 Å². The summed E-state index contributed by atoms with van der Waals surface area (Å²) < 4.78 is 15.2. The highest BCUT2D eigenvalue weighted by atomic mass is 16.5. The normalized spacial score (nSPS) is 18.8. The molecule has 21 heavy (non-hydrogen) atoms. The third-order valence-corrected chi connectivity index (χ3v) is 3.70. The minimum absolute atomic E-state index is 0.177. The summed E-state index contributed by atoms with van der Waals surface area (Å²) in [6.07, 6.45) is 2.57. The van der Waals surface area contributed by atoms with Gasteiger partial charge in [-0.05, 0) is 26.7 Å². The van der Waals surface area contributed by atoms with Gasteiger partial charge >= 0.3 is 11.9 Å². The van der Waals surface area contributed by atoms with Crippen LogP contribution in [0.4, 0.5) is 0 Å². The summed E-state index contributed by atoms with van der Waals surface area (Å²) in [5, 5.41) is 0. The highest BCUT2D eigenvalue weighted by Crippen LogP contribution is 2.21. The van der Waals surface area contributed by atoms with Crippen LogP contribution in [0.5, 0.6) is 0 Å². The maximum absolute atomic E-state index is 11.8. The molecular weight excluding hydrogens is 274 g/mol. The number of carbonyl (C=O) groups excluding carboxylic acids is 2. The predicted molar refractivity (Wildman–Crippen MR) is 77.8 cm³/mol. The van der Waals surface area contributed by atoms with Gasteiger partial charge in [0.05, 0.1) is 32.2 Å². The van der Waals surface area contributed by atoms with Crippen LogP contribution in [0.1, 0.15) is 33.1 Å². The molecule has 1 rings (SSSR count). The molecule has 0 N–H and O–H groups in total. The van der Waals surface area contributed by atoms with Gasteiger partial charge in [-0.2, -0.15) is 0 Å². The Morgan fingerprint density at radius 2 is 2.00 bits per heavy atom. The van der Waals surface area contributed by atoms with Crippen molar-refractivity contribution in [1.82, 2.24) is 4.90 Å². The van der Waals surface area contributed by atoms with Gasteiger partial charge in [0.25, 0.3) is 0 Å². The van der Waals surface area contributed by atoms with Crippen molar-refractivity contribution in [3.05, 3.63) is 0 Å². The van der Waals surface area contributed by atoms with E-state index in [4.69, 9.17) is 9.47 Å². The first-order chi connectivity index (χ1) is 9.89. The van der Waals surface area contributed by atoms with Gasteiger partial charge in [-0.3, -0.25) is 14.5 Å². The maximum atomic E-state index is 11.8. The molecule has 1 aliphatic heterocycles. The van der Waals surface area contributed by atoms with Crippen LogP contribution in [-0.4, -0.2) is 63.4 Å². The van der Waals surface area contributed by atoms with Crippen molar-refractivity contribution in [3.63, 3.8) is 0 Å². The van der Waals surface area contributed by atoms with E-state index in [2.05, 4.69) is 9.64 Å². The van der Waals surface area contributed by atoms with E-state index in [-0.39, 0.29) is 18.0 Å². The molecule has 1 fully saturated rings. The van der Waals surface area contributed by atoms with Gasteiger partial charge in [0, 0.05) is 26.2 Å². The number of esters is 2. The molecule has 0 aromatic heterocycles.